The maximum atomic E-state index is 4.06. The summed E-state index contributed by atoms with van der Waals surface area (Å²) in [6.07, 6.45) is 3.68. The van der Waals surface area contributed by atoms with Gasteiger partial charge in [0.05, 0.1) is 0 Å². The minimum atomic E-state index is 0.317. The van der Waals surface area contributed by atoms with Crippen LogP contribution >= 0.6 is 0 Å². The molecule has 1 N–H and O–H groups in total. The summed E-state index contributed by atoms with van der Waals surface area (Å²) in [5, 5.41) is 6.20. The molecule has 0 radical (unpaired) electrons. The van der Waals surface area contributed by atoms with Gasteiger partial charge in [-0.05, 0) is 41.0 Å². The average Bonchev–Trinajstić information content (AvgIpc) is 2.53. The van der Waals surface area contributed by atoms with Crippen LogP contribution < -0.4 is 5.32 Å². The summed E-state index contributed by atoms with van der Waals surface area (Å²) in [5.74, 6) is 0. The molecule has 0 aliphatic rings. The summed E-state index contributed by atoms with van der Waals surface area (Å²) in [7, 11) is 0. The van der Waals surface area contributed by atoms with Crippen molar-refractivity contribution < 1.29 is 0 Å². The second-order valence-corrected chi connectivity index (χ2v) is 5.02. The summed E-state index contributed by atoms with van der Waals surface area (Å²) < 4.78 is 0. The van der Waals surface area contributed by atoms with Gasteiger partial charge in [0.2, 0.25) is 0 Å². The standard InChI is InChI=1S/C18H18N2/c1-14(15-9-11-19-12-10-15)20-13-17-7-4-6-16-5-2-3-8-18(16)17/h2-12,14,20H,13H2,1H3/t14-/m1/s1. The Kier molecular flexibility index (Phi) is 3.75. The van der Waals surface area contributed by atoms with Gasteiger partial charge in [0.15, 0.2) is 0 Å². The molecular formula is C18H18N2. The fourth-order valence-electron chi connectivity index (χ4n) is 2.48. The van der Waals surface area contributed by atoms with E-state index >= 15 is 0 Å². The number of pyridine rings is 1. The number of nitrogens with one attached hydrogen (secondary N) is 1. The highest BCUT2D eigenvalue weighted by molar-refractivity contribution is 5.85. The minimum absolute atomic E-state index is 0.317. The lowest BCUT2D eigenvalue weighted by Gasteiger charge is -2.15. The normalized spacial score (nSPS) is 12.4. The maximum Gasteiger partial charge on any atom is 0.0296 e. The smallest absolute Gasteiger partial charge is 0.0296 e. The fraction of sp³-hybridized carbons (Fsp3) is 0.167. The molecule has 0 saturated heterocycles. The molecule has 1 heterocycles. The Balaban J connectivity index is 1.77. The van der Waals surface area contributed by atoms with Crippen molar-refractivity contribution >= 4 is 10.8 Å². The number of hydrogen-bond acceptors (Lipinski definition) is 2. The van der Waals surface area contributed by atoms with E-state index in [1.807, 2.05) is 12.4 Å². The summed E-state index contributed by atoms with van der Waals surface area (Å²) in [5.41, 5.74) is 2.60. The lowest BCUT2D eigenvalue weighted by Crippen LogP contribution is -2.18. The zero-order chi connectivity index (χ0) is 13.8. The second kappa shape index (κ2) is 5.85. The number of rotatable bonds is 4. The maximum absolute atomic E-state index is 4.06. The second-order valence-electron chi connectivity index (χ2n) is 5.02. The highest BCUT2D eigenvalue weighted by Crippen LogP contribution is 2.19. The Labute approximate surface area is 119 Å². The average molecular weight is 262 g/mol. The van der Waals surface area contributed by atoms with Gasteiger partial charge in [-0.3, -0.25) is 4.98 Å². The molecule has 20 heavy (non-hydrogen) atoms. The van der Waals surface area contributed by atoms with Gasteiger partial charge in [-0.1, -0.05) is 42.5 Å². The quantitative estimate of drug-likeness (QED) is 0.766. The van der Waals surface area contributed by atoms with E-state index in [0.717, 1.165) is 6.54 Å². The zero-order valence-electron chi connectivity index (χ0n) is 11.6. The van der Waals surface area contributed by atoms with E-state index in [-0.39, 0.29) is 0 Å². The van der Waals surface area contributed by atoms with Crippen LogP contribution in [0.4, 0.5) is 0 Å². The minimum Gasteiger partial charge on any atom is -0.306 e. The van der Waals surface area contributed by atoms with Crippen molar-refractivity contribution in [2.24, 2.45) is 0 Å². The van der Waals surface area contributed by atoms with Crippen LogP contribution in [-0.2, 0) is 6.54 Å². The molecule has 0 spiro atoms. The molecule has 0 bridgehead atoms. The number of benzene rings is 2. The summed E-state index contributed by atoms with van der Waals surface area (Å²) in [6, 6.07) is 19.4. The van der Waals surface area contributed by atoms with Gasteiger partial charge >= 0.3 is 0 Å². The Bertz CT molecular complexity index is 687. The summed E-state index contributed by atoms with van der Waals surface area (Å²) >= 11 is 0. The van der Waals surface area contributed by atoms with Gasteiger partial charge in [-0.2, -0.15) is 0 Å². The van der Waals surface area contributed by atoms with Crippen LogP contribution in [0.1, 0.15) is 24.1 Å². The van der Waals surface area contributed by atoms with E-state index in [1.54, 1.807) is 0 Å². The first-order chi connectivity index (χ1) is 9.84. The van der Waals surface area contributed by atoms with Gasteiger partial charge < -0.3 is 5.32 Å². The van der Waals surface area contributed by atoms with Gasteiger partial charge in [0.25, 0.3) is 0 Å². The summed E-state index contributed by atoms with van der Waals surface area (Å²) in [4.78, 5) is 4.06. The van der Waals surface area contributed by atoms with Crippen molar-refractivity contribution in [1.82, 2.24) is 10.3 Å². The van der Waals surface area contributed by atoms with E-state index in [1.165, 1.54) is 21.9 Å². The van der Waals surface area contributed by atoms with Gasteiger partial charge in [-0.25, -0.2) is 0 Å². The summed E-state index contributed by atoms with van der Waals surface area (Å²) in [6.45, 7) is 3.05. The molecule has 3 rings (SSSR count). The Morgan fingerprint density at radius 2 is 1.70 bits per heavy atom. The van der Waals surface area contributed by atoms with Gasteiger partial charge in [0, 0.05) is 25.0 Å². The molecule has 0 amide bonds. The van der Waals surface area contributed by atoms with Crippen LogP contribution in [0.2, 0.25) is 0 Å². The van der Waals surface area contributed by atoms with E-state index in [0.29, 0.717) is 6.04 Å². The zero-order valence-corrected chi connectivity index (χ0v) is 11.6. The van der Waals surface area contributed by atoms with E-state index in [4.69, 9.17) is 0 Å². The van der Waals surface area contributed by atoms with Crippen LogP contribution in [0.5, 0.6) is 0 Å². The number of aromatic nitrogens is 1. The van der Waals surface area contributed by atoms with Gasteiger partial charge in [-0.15, -0.1) is 0 Å². The lowest BCUT2D eigenvalue weighted by atomic mass is 10.0. The first-order valence-corrected chi connectivity index (χ1v) is 6.94. The van der Waals surface area contributed by atoms with Crippen LogP contribution in [0, 0.1) is 0 Å². The number of nitrogens with zero attached hydrogens (tertiary/aromatic N) is 1. The predicted octanol–water partition coefficient (Wildman–Crippen LogP) is 4.09. The van der Waals surface area contributed by atoms with E-state index in [2.05, 4.69) is 71.8 Å². The third-order valence-electron chi connectivity index (χ3n) is 3.68. The number of hydrogen-bond donors (Lipinski definition) is 1. The third-order valence-corrected chi connectivity index (χ3v) is 3.68. The molecule has 3 aromatic rings. The van der Waals surface area contributed by atoms with Gasteiger partial charge in [0.1, 0.15) is 0 Å². The van der Waals surface area contributed by atoms with Crippen molar-refractivity contribution in [3.05, 3.63) is 78.1 Å². The predicted molar refractivity (Wildman–Crippen MR) is 83.4 cm³/mol. The lowest BCUT2D eigenvalue weighted by molar-refractivity contribution is 0.576. The molecule has 2 heteroatoms. The molecule has 100 valence electrons. The highest BCUT2D eigenvalue weighted by Gasteiger charge is 2.05. The van der Waals surface area contributed by atoms with Crippen LogP contribution in [-0.4, -0.2) is 4.98 Å². The molecule has 1 aromatic heterocycles. The molecule has 0 aliphatic heterocycles. The molecule has 0 fully saturated rings. The molecule has 1 atom stereocenters. The Morgan fingerprint density at radius 3 is 2.55 bits per heavy atom. The van der Waals surface area contributed by atoms with Crippen molar-refractivity contribution in [1.29, 1.82) is 0 Å². The molecule has 0 unspecified atom stereocenters. The Morgan fingerprint density at radius 1 is 0.950 bits per heavy atom. The number of fused-ring (bicyclic) bond motifs is 1. The molecule has 2 nitrogen and oxygen atoms in total. The SMILES string of the molecule is C[C@@H](NCc1cccc2ccccc12)c1ccncc1. The van der Waals surface area contributed by atoms with Crippen molar-refractivity contribution in [2.75, 3.05) is 0 Å². The van der Waals surface area contributed by atoms with Crippen molar-refractivity contribution in [2.45, 2.75) is 19.5 Å². The molecular weight excluding hydrogens is 244 g/mol. The van der Waals surface area contributed by atoms with E-state index in [9.17, 15) is 0 Å². The largest absolute Gasteiger partial charge is 0.306 e. The highest BCUT2D eigenvalue weighted by atomic mass is 14.9. The third kappa shape index (κ3) is 2.70. The first-order valence-electron chi connectivity index (χ1n) is 6.94. The first kappa shape index (κ1) is 12.8. The molecule has 0 saturated carbocycles. The topological polar surface area (TPSA) is 24.9 Å². The Hall–Kier alpha value is -2.19. The van der Waals surface area contributed by atoms with E-state index < -0.39 is 0 Å². The van der Waals surface area contributed by atoms with Crippen molar-refractivity contribution in [3.63, 3.8) is 0 Å². The van der Waals surface area contributed by atoms with Crippen LogP contribution in [0.25, 0.3) is 10.8 Å². The van der Waals surface area contributed by atoms with Crippen LogP contribution in [0.3, 0.4) is 0 Å². The van der Waals surface area contributed by atoms with Crippen molar-refractivity contribution in [3.8, 4) is 0 Å². The van der Waals surface area contributed by atoms with Crippen LogP contribution in [0.15, 0.2) is 67.0 Å². The molecule has 2 aromatic carbocycles. The molecule has 0 aliphatic carbocycles. The fourth-order valence-corrected chi connectivity index (χ4v) is 2.48. The monoisotopic (exact) mass is 262 g/mol.